The second kappa shape index (κ2) is 7.35. The maximum Gasteiger partial charge on any atom is 0.286 e. The largest absolute Gasteiger partial charge is 0.467 e. The number of thioether (sulfide) groups is 1. The van der Waals surface area contributed by atoms with Crippen molar-refractivity contribution in [1.82, 2.24) is 10.2 Å². The van der Waals surface area contributed by atoms with Gasteiger partial charge in [0.15, 0.2) is 0 Å². The Bertz CT molecular complexity index is 730. The average Bonchev–Trinajstić information content (AvgIpc) is 3.17. The Morgan fingerprint density at radius 3 is 2.54 bits per heavy atom. The van der Waals surface area contributed by atoms with Crippen molar-refractivity contribution >= 4 is 28.8 Å². The first-order valence-electron chi connectivity index (χ1n) is 7.47. The molecule has 1 unspecified atom stereocenters. The van der Waals surface area contributed by atoms with E-state index in [1.54, 1.807) is 23.3 Å². The lowest BCUT2D eigenvalue weighted by Crippen LogP contribution is -2.34. The molecule has 1 aliphatic rings. The number of amides is 3. The summed E-state index contributed by atoms with van der Waals surface area (Å²) in [7, 11) is 0. The Hall–Kier alpha value is -2.54. The molecule has 2 aromatic rings. The van der Waals surface area contributed by atoms with Crippen LogP contribution in [0.15, 0.2) is 53.1 Å². The van der Waals surface area contributed by atoms with Crippen LogP contribution in [0.3, 0.4) is 0 Å². The van der Waals surface area contributed by atoms with Crippen LogP contribution < -0.4 is 5.32 Å². The molecular weight excluding hydrogens is 328 g/mol. The molecule has 24 heavy (non-hydrogen) atoms. The zero-order chi connectivity index (χ0) is 16.9. The molecule has 0 bridgehead atoms. The molecule has 3 amide bonds. The van der Waals surface area contributed by atoms with Crippen molar-refractivity contribution in [2.24, 2.45) is 0 Å². The second-order valence-corrected chi connectivity index (χ2v) is 6.58. The van der Waals surface area contributed by atoms with Gasteiger partial charge in [0.2, 0.25) is 11.8 Å². The minimum atomic E-state index is -0.667. The first-order valence-corrected chi connectivity index (χ1v) is 8.35. The fraction of sp³-hybridized carbons (Fsp3) is 0.235. The molecule has 1 aromatic heterocycles. The summed E-state index contributed by atoms with van der Waals surface area (Å²) in [4.78, 5) is 37.2. The molecule has 1 atom stereocenters. The molecule has 1 aliphatic heterocycles. The van der Waals surface area contributed by atoms with E-state index in [4.69, 9.17) is 4.42 Å². The van der Waals surface area contributed by atoms with Crippen LogP contribution in [0.25, 0.3) is 0 Å². The lowest BCUT2D eigenvalue weighted by atomic mass is 10.2. The highest BCUT2D eigenvalue weighted by molar-refractivity contribution is 8.15. The molecule has 6 nitrogen and oxygen atoms in total. The number of hydrogen-bond donors (Lipinski definition) is 1. The molecule has 7 heteroatoms. The van der Waals surface area contributed by atoms with Gasteiger partial charge in [-0.3, -0.25) is 19.7 Å². The van der Waals surface area contributed by atoms with Crippen molar-refractivity contribution in [1.29, 1.82) is 0 Å². The van der Waals surface area contributed by atoms with E-state index >= 15 is 0 Å². The summed E-state index contributed by atoms with van der Waals surface area (Å²) in [6.45, 7) is 0.723. The zero-order valence-corrected chi connectivity index (χ0v) is 13.6. The van der Waals surface area contributed by atoms with Gasteiger partial charge in [-0.1, -0.05) is 42.1 Å². The number of nitrogens with one attached hydrogen (secondary N) is 1. The van der Waals surface area contributed by atoms with Crippen LogP contribution in [-0.4, -0.2) is 27.2 Å². The van der Waals surface area contributed by atoms with Gasteiger partial charge in [0.1, 0.15) is 11.0 Å². The van der Waals surface area contributed by atoms with E-state index < -0.39 is 16.4 Å². The Morgan fingerprint density at radius 1 is 1.12 bits per heavy atom. The first kappa shape index (κ1) is 16.3. The molecule has 1 N–H and O–H groups in total. The summed E-state index contributed by atoms with van der Waals surface area (Å²) < 4.78 is 5.33. The highest BCUT2D eigenvalue weighted by atomic mass is 32.2. The lowest BCUT2D eigenvalue weighted by Gasteiger charge is -2.22. The minimum Gasteiger partial charge on any atom is -0.467 e. The third kappa shape index (κ3) is 4.05. The van der Waals surface area contributed by atoms with Gasteiger partial charge in [-0.25, -0.2) is 0 Å². The van der Waals surface area contributed by atoms with Gasteiger partial charge in [0.25, 0.3) is 5.24 Å². The van der Waals surface area contributed by atoms with Gasteiger partial charge in [0.05, 0.1) is 12.8 Å². The smallest absolute Gasteiger partial charge is 0.286 e. The number of furan rings is 1. The number of benzene rings is 1. The van der Waals surface area contributed by atoms with E-state index in [9.17, 15) is 14.4 Å². The van der Waals surface area contributed by atoms with Crippen molar-refractivity contribution in [3.05, 3.63) is 60.1 Å². The van der Waals surface area contributed by atoms with Crippen molar-refractivity contribution in [2.45, 2.75) is 24.8 Å². The number of imide groups is 1. The summed E-state index contributed by atoms with van der Waals surface area (Å²) in [5.41, 5.74) is 0.983. The molecule has 0 radical (unpaired) electrons. The van der Waals surface area contributed by atoms with Crippen molar-refractivity contribution < 1.29 is 18.8 Å². The van der Waals surface area contributed by atoms with Crippen LogP contribution in [0.4, 0.5) is 4.79 Å². The van der Waals surface area contributed by atoms with Gasteiger partial charge in [-0.05, 0) is 17.7 Å². The summed E-state index contributed by atoms with van der Waals surface area (Å²) in [5.74, 6) is 0.0625. The molecule has 124 valence electrons. The van der Waals surface area contributed by atoms with Crippen LogP contribution in [0.2, 0.25) is 0 Å². The maximum absolute atomic E-state index is 12.7. The highest BCUT2D eigenvalue weighted by Crippen LogP contribution is 2.23. The molecule has 0 spiro atoms. The Labute approximate surface area is 143 Å². The SMILES string of the molecule is O=C1NC(=O)C(CC(=O)N(Cc2ccccc2)Cc2ccco2)S1. The number of nitrogens with zero attached hydrogens (tertiary/aromatic N) is 1. The van der Waals surface area contributed by atoms with E-state index in [0.717, 1.165) is 17.3 Å². The first-order chi connectivity index (χ1) is 11.6. The van der Waals surface area contributed by atoms with Gasteiger partial charge < -0.3 is 9.32 Å². The van der Waals surface area contributed by atoms with Crippen LogP contribution in [0, 0.1) is 0 Å². The Kier molecular flexibility index (Phi) is 5.00. The summed E-state index contributed by atoms with van der Waals surface area (Å²) >= 11 is 0.863. The average molecular weight is 344 g/mol. The fourth-order valence-electron chi connectivity index (χ4n) is 2.44. The number of carbonyl (C=O) groups is 3. The number of carbonyl (C=O) groups excluding carboxylic acids is 3. The maximum atomic E-state index is 12.7. The monoisotopic (exact) mass is 344 g/mol. The Balaban J connectivity index is 1.71. The molecular formula is C17H16N2O4S. The topological polar surface area (TPSA) is 79.6 Å². The van der Waals surface area contributed by atoms with Crippen molar-refractivity contribution in [2.75, 3.05) is 0 Å². The van der Waals surface area contributed by atoms with Gasteiger partial charge in [-0.2, -0.15) is 0 Å². The third-order valence-corrected chi connectivity index (χ3v) is 4.60. The van der Waals surface area contributed by atoms with Crippen LogP contribution in [-0.2, 0) is 22.7 Å². The minimum absolute atomic E-state index is 0.0181. The van der Waals surface area contributed by atoms with E-state index in [0.29, 0.717) is 18.8 Å². The zero-order valence-electron chi connectivity index (χ0n) is 12.8. The normalized spacial score (nSPS) is 16.9. The molecule has 2 heterocycles. The quantitative estimate of drug-likeness (QED) is 0.871. The van der Waals surface area contributed by atoms with Crippen LogP contribution in [0.1, 0.15) is 17.7 Å². The summed E-state index contributed by atoms with van der Waals surface area (Å²) in [5, 5.41) is 1.13. The number of hydrogen-bond acceptors (Lipinski definition) is 5. The lowest BCUT2D eigenvalue weighted by molar-refractivity contribution is -0.134. The van der Waals surface area contributed by atoms with Crippen molar-refractivity contribution in [3.8, 4) is 0 Å². The van der Waals surface area contributed by atoms with E-state index in [1.165, 1.54) is 0 Å². The van der Waals surface area contributed by atoms with Gasteiger partial charge >= 0.3 is 0 Å². The van der Waals surface area contributed by atoms with Crippen LogP contribution >= 0.6 is 11.8 Å². The van der Waals surface area contributed by atoms with Crippen LogP contribution in [0.5, 0.6) is 0 Å². The van der Waals surface area contributed by atoms with E-state index in [-0.39, 0.29) is 12.3 Å². The summed E-state index contributed by atoms with van der Waals surface area (Å²) in [6.07, 6.45) is 1.54. The summed E-state index contributed by atoms with van der Waals surface area (Å²) in [6, 6.07) is 13.2. The molecule has 1 aromatic carbocycles. The standard InChI is InChI=1S/C17H16N2O4S/c20-15(9-14-16(21)18-17(22)24-14)19(11-13-7-4-8-23-13)10-12-5-2-1-3-6-12/h1-8,14H,9-11H2,(H,18,21,22). The number of rotatable bonds is 6. The molecule has 0 aliphatic carbocycles. The Morgan fingerprint density at radius 2 is 1.92 bits per heavy atom. The molecule has 3 rings (SSSR count). The molecule has 1 saturated heterocycles. The van der Waals surface area contributed by atoms with Gasteiger partial charge in [-0.15, -0.1) is 0 Å². The molecule has 1 fully saturated rings. The highest BCUT2D eigenvalue weighted by Gasteiger charge is 2.34. The fourth-order valence-corrected chi connectivity index (χ4v) is 3.25. The molecule has 0 saturated carbocycles. The van der Waals surface area contributed by atoms with E-state index in [2.05, 4.69) is 5.32 Å². The predicted octanol–water partition coefficient (Wildman–Crippen LogP) is 2.55. The van der Waals surface area contributed by atoms with Crippen molar-refractivity contribution in [3.63, 3.8) is 0 Å². The van der Waals surface area contributed by atoms with Gasteiger partial charge in [0, 0.05) is 13.0 Å². The predicted molar refractivity (Wildman–Crippen MR) is 88.9 cm³/mol. The third-order valence-electron chi connectivity index (χ3n) is 3.62. The second-order valence-electron chi connectivity index (χ2n) is 5.40. The van der Waals surface area contributed by atoms with E-state index in [1.807, 2.05) is 30.3 Å².